The van der Waals surface area contributed by atoms with Gasteiger partial charge in [-0.1, -0.05) is 18.2 Å². The fourth-order valence-electron chi connectivity index (χ4n) is 1.49. The Bertz CT molecular complexity index is 564. The number of rotatable bonds is 1. The van der Waals surface area contributed by atoms with E-state index in [-0.39, 0.29) is 5.69 Å². The lowest BCUT2D eigenvalue weighted by molar-refractivity contribution is 0.0969. The number of aromatic nitrogens is 2. The average Bonchev–Trinajstić information content (AvgIpc) is 2.58. The van der Waals surface area contributed by atoms with E-state index >= 15 is 0 Å². The molecule has 2 aromatic rings. The molecule has 0 fully saturated rings. The summed E-state index contributed by atoms with van der Waals surface area (Å²) in [5, 5.41) is 15.2. The van der Waals surface area contributed by atoms with Crippen LogP contribution in [0.4, 0.5) is 0 Å². The molecule has 15 heavy (non-hydrogen) atoms. The molecule has 2 rings (SSSR count). The molecule has 0 atom stereocenters. The van der Waals surface area contributed by atoms with Gasteiger partial charge in [0.2, 0.25) is 0 Å². The van der Waals surface area contributed by atoms with Gasteiger partial charge in [-0.05, 0) is 6.07 Å². The van der Waals surface area contributed by atoms with E-state index in [0.29, 0.717) is 0 Å². The van der Waals surface area contributed by atoms with Gasteiger partial charge in [0.05, 0.1) is 5.52 Å². The molecule has 0 spiro atoms. The summed E-state index contributed by atoms with van der Waals surface area (Å²) in [7, 11) is 1.76. The Morgan fingerprint density at radius 2 is 2.27 bits per heavy atom. The van der Waals surface area contributed by atoms with Gasteiger partial charge in [0.25, 0.3) is 5.91 Å². The summed E-state index contributed by atoms with van der Waals surface area (Å²) < 4.78 is 1.61. The second-order valence-electron chi connectivity index (χ2n) is 3.06. The first kappa shape index (κ1) is 9.21. The molecule has 0 aliphatic rings. The maximum absolute atomic E-state index is 11.5. The zero-order valence-electron chi connectivity index (χ0n) is 8.06. The van der Waals surface area contributed by atoms with Gasteiger partial charge in [-0.25, -0.2) is 0 Å². The van der Waals surface area contributed by atoms with E-state index in [4.69, 9.17) is 5.26 Å². The van der Waals surface area contributed by atoms with Crippen LogP contribution < -0.4 is 5.32 Å². The fourth-order valence-corrected chi connectivity index (χ4v) is 1.49. The van der Waals surface area contributed by atoms with Crippen LogP contribution in [0.1, 0.15) is 10.5 Å². The van der Waals surface area contributed by atoms with E-state index in [1.165, 1.54) is 0 Å². The van der Waals surface area contributed by atoms with Crippen molar-refractivity contribution in [1.29, 1.82) is 5.26 Å². The number of nitriles is 1. The maximum Gasteiger partial charge on any atom is 0.285 e. The van der Waals surface area contributed by atoms with E-state index in [9.17, 15) is 4.79 Å². The number of fused-ring (bicyclic) bond motifs is 1. The summed E-state index contributed by atoms with van der Waals surface area (Å²) in [6.45, 7) is 0. The number of nitrogens with one attached hydrogen (secondary N) is 1. The third-order valence-corrected chi connectivity index (χ3v) is 2.14. The minimum Gasteiger partial charge on any atom is -0.267 e. The number of nitrogens with zero attached hydrogens (tertiary/aromatic N) is 3. The smallest absolute Gasteiger partial charge is 0.267 e. The number of amides is 1. The second-order valence-corrected chi connectivity index (χ2v) is 3.06. The molecule has 5 nitrogen and oxygen atoms in total. The quantitative estimate of drug-likeness (QED) is 0.546. The molecule has 0 radical (unpaired) electrons. The van der Waals surface area contributed by atoms with Crippen molar-refractivity contribution in [1.82, 2.24) is 15.1 Å². The Hall–Kier alpha value is -2.35. The van der Waals surface area contributed by atoms with Crippen LogP contribution in [-0.4, -0.2) is 15.7 Å². The van der Waals surface area contributed by atoms with E-state index < -0.39 is 5.91 Å². The van der Waals surface area contributed by atoms with Crippen LogP contribution in [0, 0.1) is 11.5 Å². The van der Waals surface area contributed by atoms with Gasteiger partial charge in [0.15, 0.2) is 11.9 Å². The number of hydrogen-bond donors (Lipinski definition) is 1. The molecule has 0 aliphatic heterocycles. The molecule has 0 bridgehead atoms. The first-order chi connectivity index (χ1) is 7.24. The number of para-hydroxylation sites is 1. The van der Waals surface area contributed by atoms with E-state index in [0.717, 1.165) is 10.9 Å². The van der Waals surface area contributed by atoms with Crippen LogP contribution in [0.25, 0.3) is 10.9 Å². The third kappa shape index (κ3) is 1.42. The summed E-state index contributed by atoms with van der Waals surface area (Å²) in [6.07, 6.45) is 1.59. The first-order valence-electron chi connectivity index (χ1n) is 4.35. The van der Waals surface area contributed by atoms with Crippen LogP contribution in [0.5, 0.6) is 0 Å². The lowest BCUT2D eigenvalue weighted by Gasteiger charge is -1.91. The molecular weight excluding hydrogens is 192 g/mol. The Morgan fingerprint density at radius 3 is 3.00 bits per heavy atom. The molecule has 1 heterocycles. The molecule has 0 unspecified atom stereocenters. The summed E-state index contributed by atoms with van der Waals surface area (Å²) >= 11 is 0. The number of benzene rings is 1. The fraction of sp³-hybridized carbons (Fsp3) is 0.100. The van der Waals surface area contributed by atoms with Crippen molar-refractivity contribution < 1.29 is 4.79 Å². The minimum absolute atomic E-state index is 0.273. The second kappa shape index (κ2) is 3.42. The van der Waals surface area contributed by atoms with E-state index in [2.05, 4.69) is 10.4 Å². The molecular formula is C10H8N4O. The Balaban J connectivity index is 2.63. The number of carbonyl (C=O) groups is 1. The van der Waals surface area contributed by atoms with Crippen molar-refractivity contribution >= 4 is 16.8 Å². The highest BCUT2D eigenvalue weighted by molar-refractivity contribution is 6.05. The van der Waals surface area contributed by atoms with E-state index in [1.807, 2.05) is 18.2 Å². The highest BCUT2D eigenvalue weighted by atomic mass is 16.1. The zero-order chi connectivity index (χ0) is 10.8. The summed E-state index contributed by atoms with van der Waals surface area (Å²) in [4.78, 5) is 11.5. The van der Waals surface area contributed by atoms with Crippen molar-refractivity contribution in [2.75, 3.05) is 0 Å². The summed E-state index contributed by atoms with van der Waals surface area (Å²) in [5.41, 5.74) is 1.13. The molecule has 0 aliphatic carbocycles. The Labute approximate surface area is 85.9 Å². The van der Waals surface area contributed by atoms with Crippen LogP contribution in [0.2, 0.25) is 0 Å². The zero-order valence-corrected chi connectivity index (χ0v) is 8.06. The van der Waals surface area contributed by atoms with Gasteiger partial charge in [-0.15, -0.1) is 0 Å². The average molecular weight is 200 g/mol. The van der Waals surface area contributed by atoms with Gasteiger partial charge < -0.3 is 0 Å². The molecule has 0 saturated heterocycles. The van der Waals surface area contributed by atoms with Crippen LogP contribution >= 0.6 is 0 Å². The molecule has 5 heteroatoms. The number of carbonyl (C=O) groups excluding carboxylic acids is 1. The molecule has 1 aromatic carbocycles. The summed E-state index contributed by atoms with van der Waals surface area (Å²) in [5.74, 6) is -0.477. The number of hydrogen-bond acceptors (Lipinski definition) is 3. The van der Waals surface area contributed by atoms with Gasteiger partial charge >= 0.3 is 0 Å². The minimum atomic E-state index is -0.477. The maximum atomic E-state index is 11.5. The molecule has 1 amide bonds. The Kier molecular flexibility index (Phi) is 2.10. The number of aryl methyl sites for hydroxylation is 1. The third-order valence-electron chi connectivity index (χ3n) is 2.14. The van der Waals surface area contributed by atoms with Crippen molar-refractivity contribution in [2.45, 2.75) is 0 Å². The van der Waals surface area contributed by atoms with Crippen molar-refractivity contribution in [3.05, 3.63) is 30.0 Å². The molecule has 0 saturated carbocycles. The summed E-state index contributed by atoms with van der Waals surface area (Å²) in [6, 6.07) is 7.36. The molecule has 1 N–H and O–H groups in total. The standard InChI is InChI=1S/C10H8N4O/c1-14-8-5-3-2-4-7(8)9(13-14)10(15)12-6-11/h2-5H,1H3,(H,12,15). The lowest BCUT2D eigenvalue weighted by atomic mass is 10.2. The predicted octanol–water partition coefficient (Wildman–Crippen LogP) is 0.784. The van der Waals surface area contributed by atoms with Crippen molar-refractivity contribution in [3.8, 4) is 6.19 Å². The first-order valence-corrected chi connectivity index (χ1v) is 4.35. The predicted molar refractivity (Wildman–Crippen MR) is 53.8 cm³/mol. The monoisotopic (exact) mass is 200 g/mol. The van der Waals surface area contributed by atoms with Gasteiger partial charge in [-0.3, -0.25) is 14.8 Å². The highest BCUT2D eigenvalue weighted by Crippen LogP contribution is 2.16. The van der Waals surface area contributed by atoms with Gasteiger partial charge in [0.1, 0.15) is 0 Å². The van der Waals surface area contributed by atoms with Crippen LogP contribution in [0.3, 0.4) is 0 Å². The van der Waals surface area contributed by atoms with Crippen LogP contribution in [0.15, 0.2) is 24.3 Å². The van der Waals surface area contributed by atoms with Crippen molar-refractivity contribution in [2.24, 2.45) is 7.05 Å². The van der Waals surface area contributed by atoms with Crippen LogP contribution in [-0.2, 0) is 7.05 Å². The Morgan fingerprint density at radius 1 is 1.53 bits per heavy atom. The van der Waals surface area contributed by atoms with Crippen molar-refractivity contribution in [3.63, 3.8) is 0 Å². The largest absolute Gasteiger partial charge is 0.285 e. The normalized spacial score (nSPS) is 9.87. The lowest BCUT2D eigenvalue weighted by Crippen LogP contribution is -2.18. The van der Waals surface area contributed by atoms with Gasteiger partial charge in [0, 0.05) is 12.4 Å². The topological polar surface area (TPSA) is 70.7 Å². The molecule has 1 aromatic heterocycles. The SMILES string of the molecule is Cn1nc(C(=O)NC#N)c2ccccc21. The van der Waals surface area contributed by atoms with E-state index in [1.54, 1.807) is 24.0 Å². The van der Waals surface area contributed by atoms with Gasteiger partial charge in [-0.2, -0.15) is 10.4 Å². The highest BCUT2D eigenvalue weighted by Gasteiger charge is 2.14. The molecule has 74 valence electrons.